The Hall–Kier alpha value is -3.24. The van der Waals surface area contributed by atoms with Crippen LogP contribution in [0.15, 0.2) is 47.2 Å². The molecule has 0 spiro atoms. The molecule has 31 heavy (non-hydrogen) atoms. The van der Waals surface area contributed by atoms with Gasteiger partial charge >= 0.3 is 0 Å². The summed E-state index contributed by atoms with van der Waals surface area (Å²) in [6.07, 6.45) is 5.36. The maximum atomic E-state index is 11.2. The number of aldehydes is 1. The molecule has 1 aromatic carbocycles. The van der Waals surface area contributed by atoms with Gasteiger partial charge in [-0.1, -0.05) is 17.3 Å². The lowest BCUT2D eigenvalue weighted by Gasteiger charge is -2.12. The van der Waals surface area contributed by atoms with Gasteiger partial charge < -0.3 is 21.0 Å². The van der Waals surface area contributed by atoms with Crippen molar-refractivity contribution >= 4 is 28.5 Å². The van der Waals surface area contributed by atoms with Gasteiger partial charge in [0.2, 0.25) is 6.20 Å². The SMILES string of the molecule is CC(COc1ccc(-c2cn(CCCN)[n+](C)c2)cc1)O/N=C(\C=O)c1csc(N)n1. The summed E-state index contributed by atoms with van der Waals surface area (Å²) < 4.78 is 9.97. The average Bonchev–Trinajstić information content (AvgIpc) is 3.37. The van der Waals surface area contributed by atoms with Gasteiger partial charge in [0.1, 0.15) is 18.1 Å². The number of thiazole rings is 1. The number of aryl methyl sites for hydroxylation is 2. The van der Waals surface area contributed by atoms with Crippen molar-refractivity contribution in [1.82, 2.24) is 9.67 Å². The molecule has 0 radical (unpaired) electrons. The number of ether oxygens (including phenoxy) is 1. The zero-order chi connectivity index (χ0) is 22.2. The standard InChI is InChI=1S/C21H27N6O3S/c1-15(30-25-19(12-28)20-14-31-21(23)24-20)13-29-18-6-4-16(5-7-18)17-10-26(2)27(11-17)9-3-8-22/h4-7,10-12,14-15H,3,8-9,13,22H2,1-2H3,(H2,23,24)/q+1/b25-19+. The third-order valence-electron chi connectivity index (χ3n) is 4.51. The number of benzene rings is 1. The first-order valence-electron chi connectivity index (χ1n) is 9.90. The van der Waals surface area contributed by atoms with Gasteiger partial charge in [0.05, 0.1) is 18.3 Å². The fourth-order valence-electron chi connectivity index (χ4n) is 2.85. The minimum absolute atomic E-state index is 0.0933. The molecule has 1 unspecified atom stereocenters. The topological polar surface area (TPSA) is 122 Å². The fraction of sp³-hybridized carbons (Fsp3) is 0.333. The third-order valence-corrected chi connectivity index (χ3v) is 5.18. The Kier molecular flexibility index (Phi) is 7.74. The van der Waals surface area contributed by atoms with Crippen molar-refractivity contribution in [3.05, 3.63) is 47.7 Å². The largest absolute Gasteiger partial charge is 0.490 e. The molecule has 4 N–H and O–H groups in total. The first-order chi connectivity index (χ1) is 15.0. The second-order valence-electron chi connectivity index (χ2n) is 7.01. The number of nitrogens with two attached hydrogens (primary N) is 2. The van der Waals surface area contributed by atoms with E-state index in [2.05, 4.69) is 31.9 Å². The normalized spacial score (nSPS) is 12.5. The van der Waals surface area contributed by atoms with Gasteiger partial charge in [-0.15, -0.1) is 16.0 Å². The number of rotatable bonds is 11. The fourth-order valence-corrected chi connectivity index (χ4v) is 3.41. The first-order valence-corrected chi connectivity index (χ1v) is 10.8. The molecule has 3 rings (SSSR count). The Balaban J connectivity index is 1.54. The van der Waals surface area contributed by atoms with Crippen molar-refractivity contribution in [2.45, 2.75) is 26.0 Å². The van der Waals surface area contributed by atoms with Crippen LogP contribution in [-0.2, 0) is 23.2 Å². The van der Waals surface area contributed by atoms with Gasteiger partial charge in [-0.25, -0.2) is 4.98 Å². The molecule has 0 aliphatic heterocycles. The van der Waals surface area contributed by atoms with E-state index in [-0.39, 0.29) is 18.4 Å². The lowest BCUT2D eigenvalue weighted by atomic mass is 10.1. The molecule has 2 aromatic heterocycles. The van der Waals surface area contributed by atoms with Crippen LogP contribution in [0.1, 0.15) is 19.0 Å². The zero-order valence-corrected chi connectivity index (χ0v) is 18.4. The van der Waals surface area contributed by atoms with E-state index in [0.717, 1.165) is 29.8 Å². The third kappa shape index (κ3) is 6.12. The number of nitrogens with zero attached hydrogens (tertiary/aromatic N) is 4. The maximum Gasteiger partial charge on any atom is 0.203 e. The molecule has 0 aliphatic rings. The van der Waals surface area contributed by atoms with Gasteiger partial charge in [0, 0.05) is 5.38 Å². The number of oxime groups is 1. The summed E-state index contributed by atoms with van der Waals surface area (Å²) in [5, 5.41) is 5.89. The predicted octanol–water partition coefficient (Wildman–Crippen LogP) is 1.75. The maximum absolute atomic E-state index is 11.2. The Morgan fingerprint density at radius 2 is 2.13 bits per heavy atom. The van der Waals surface area contributed by atoms with E-state index in [0.29, 0.717) is 23.7 Å². The number of hydrogen-bond acceptors (Lipinski definition) is 8. The number of carbonyl (C=O) groups excluding carboxylic acids is 1. The Labute approximate surface area is 184 Å². The van der Waals surface area contributed by atoms with E-state index in [4.69, 9.17) is 21.0 Å². The van der Waals surface area contributed by atoms with Crippen LogP contribution in [0.5, 0.6) is 5.75 Å². The minimum atomic E-state index is -0.360. The lowest BCUT2D eigenvalue weighted by Crippen LogP contribution is -2.38. The number of anilines is 1. The van der Waals surface area contributed by atoms with E-state index in [1.165, 1.54) is 11.3 Å². The second-order valence-corrected chi connectivity index (χ2v) is 7.90. The summed E-state index contributed by atoms with van der Waals surface area (Å²) in [7, 11) is 2.01. The van der Waals surface area contributed by atoms with Crippen molar-refractivity contribution in [3.8, 4) is 16.9 Å². The van der Waals surface area contributed by atoms with Crippen LogP contribution in [0.25, 0.3) is 11.1 Å². The van der Waals surface area contributed by atoms with Gasteiger partial charge in [0.15, 0.2) is 30.3 Å². The molecule has 9 nitrogen and oxygen atoms in total. The van der Waals surface area contributed by atoms with Crippen molar-refractivity contribution in [2.24, 2.45) is 17.9 Å². The monoisotopic (exact) mass is 443 g/mol. The quantitative estimate of drug-likeness (QED) is 0.202. The van der Waals surface area contributed by atoms with Crippen molar-refractivity contribution in [3.63, 3.8) is 0 Å². The summed E-state index contributed by atoms with van der Waals surface area (Å²) >= 11 is 1.23. The summed E-state index contributed by atoms with van der Waals surface area (Å²) in [5.74, 6) is 0.720. The smallest absolute Gasteiger partial charge is 0.203 e. The van der Waals surface area contributed by atoms with Crippen LogP contribution in [0.4, 0.5) is 5.13 Å². The summed E-state index contributed by atoms with van der Waals surface area (Å²) in [6.45, 7) is 3.64. The number of hydrogen-bond donors (Lipinski definition) is 2. The molecule has 164 valence electrons. The van der Waals surface area contributed by atoms with E-state index >= 15 is 0 Å². The van der Waals surface area contributed by atoms with Crippen LogP contribution in [0.2, 0.25) is 0 Å². The highest BCUT2D eigenvalue weighted by atomic mass is 32.1. The molecule has 2 heterocycles. The summed E-state index contributed by atoms with van der Waals surface area (Å²) in [6, 6.07) is 7.85. The van der Waals surface area contributed by atoms with Gasteiger partial charge in [-0.3, -0.25) is 4.79 Å². The molecule has 3 aromatic rings. The number of carbonyl (C=O) groups is 1. The van der Waals surface area contributed by atoms with Crippen LogP contribution >= 0.6 is 11.3 Å². The molecule has 0 aliphatic carbocycles. The number of nitrogen functional groups attached to an aromatic ring is 1. The van der Waals surface area contributed by atoms with Crippen LogP contribution in [0.3, 0.4) is 0 Å². The molecular formula is C21H27N6O3S+. The van der Waals surface area contributed by atoms with Crippen LogP contribution in [-0.4, -0.2) is 40.9 Å². The predicted molar refractivity (Wildman–Crippen MR) is 120 cm³/mol. The molecular weight excluding hydrogens is 416 g/mol. The molecule has 0 bridgehead atoms. The molecule has 0 saturated heterocycles. The van der Waals surface area contributed by atoms with Crippen molar-refractivity contribution in [2.75, 3.05) is 18.9 Å². The molecule has 0 amide bonds. The number of aromatic nitrogens is 3. The van der Waals surface area contributed by atoms with Crippen molar-refractivity contribution < 1.29 is 19.1 Å². The zero-order valence-electron chi connectivity index (χ0n) is 17.6. The average molecular weight is 444 g/mol. The Morgan fingerprint density at radius 3 is 2.77 bits per heavy atom. The van der Waals surface area contributed by atoms with Gasteiger partial charge in [-0.2, -0.15) is 4.68 Å². The highest BCUT2D eigenvalue weighted by Gasteiger charge is 2.12. The van der Waals surface area contributed by atoms with Crippen LogP contribution < -0.4 is 20.9 Å². The lowest BCUT2D eigenvalue weighted by molar-refractivity contribution is -0.753. The Bertz CT molecular complexity index is 1030. The Morgan fingerprint density at radius 1 is 1.35 bits per heavy atom. The van der Waals surface area contributed by atoms with Gasteiger partial charge in [-0.05, 0) is 37.6 Å². The first kappa shape index (κ1) is 22.4. The van der Waals surface area contributed by atoms with Crippen LogP contribution in [0, 0.1) is 0 Å². The summed E-state index contributed by atoms with van der Waals surface area (Å²) in [5.41, 5.74) is 13.9. The second kappa shape index (κ2) is 10.7. The summed E-state index contributed by atoms with van der Waals surface area (Å²) in [4.78, 5) is 20.6. The van der Waals surface area contributed by atoms with E-state index in [1.807, 2.05) is 31.3 Å². The van der Waals surface area contributed by atoms with E-state index in [9.17, 15) is 4.79 Å². The van der Waals surface area contributed by atoms with Gasteiger partial charge in [0.25, 0.3) is 0 Å². The molecule has 0 fully saturated rings. The highest BCUT2D eigenvalue weighted by Crippen LogP contribution is 2.22. The van der Waals surface area contributed by atoms with E-state index in [1.54, 1.807) is 12.3 Å². The highest BCUT2D eigenvalue weighted by molar-refractivity contribution is 7.13. The molecule has 1 atom stereocenters. The minimum Gasteiger partial charge on any atom is -0.490 e. The molecule has 0 saturated carbocycles. The molecule has 10 heteroatoms. The van der Waals surface area contributed by atoms with Crippen molar-refractivity contribution in [1.29, 1.82) is 0 Å². The van der Waals surface area contributed by atoms with E-state index < -0.39 is 0 Å².